The Morgan fingerprint density at radius 2 is 1.83 bits per heavy atom. The zero-order valence-electron chi connectivity index (χ0n) is 14.2. The van der Waals surface area contributed by atoms with Gasteiger partial charge < -0.3 is 10.2 Å². The summed E-state index contributed by atoms with van der Waals surface area (Å²) < 4.78 is 1.84. The number of amides is 1. The number of unbranched alkanes of at least 4 members (excludes halogenated alkanes) is 1. The third kappa shape index (κ3) is 4.34. The molecule has 0 bridgehead atoms. The number of hydrogen-bond donors (Lipinski definition) is 1. The summed E-state index contributed by atoms with van der Waals surface area (Å²) in [5.41, 5.74) is 1.80. The van der Waals surface area contributed by atoms with E-state index in [0.29, 0.717) is 5.56 Å². The first-order valence-corrected chi connectivity index (χ1v) is 8.37. The van der Waals surface area contributed by atoms with Crippen LogP contribution in [-0.2, 0) is 6.54 Å². The molecule has 0 radical (unpaired) electrons. The summed E-state index contributed by atoms with van der Waals surface area (Å²) in [6.07, 6.45) is 3.86. The Kier molecular flexibility index (Phi) is 6.20. The normalized spacial score (nSPS) is 10.6. The van der Waals surface area contributed by atoms with Gasteiger partial charge in [0.15, 0.2) is 0 Å². The van der Waals surface area contributed by atoms with Crippen molar-refractivity contribution in [2.75, 3.05) is 23.3 Å². The van der Waals surface area contributed by atoms with Gasteiger partial charge in [0.1, 0.15) is 5.82 Å². The first-order valence-electron chi connectivity index (χ1n) is 8.37. The molecule has 1 N–H and O–H groups in total. The second-order valence-corrected chi connectivity index (χ2v) is 5.47. The molecule has 0 atom stereocenters. The van der Waals surface area contributed by atoms with E-state index in [0.717, 1.165) is 44.0 Å². The van der Waals surface area contributed by atoms with Gasteiger partial charge in [-0.15, -0.1) is 0 Å². The first kappa shape index (κ1) is 17.1. The van der Waals surface area contributed by atoms with Crippen LogP contribution in [0.3, 0.4) is 0 Å². The molecule has 0 saturated heterocycles. The number of hydrogen-bond acceptors (Lipinski definition) is 3. The molecule has 1 aromatic heterocycles. The van der Waals surface area contributed by atoms with Gasteiger partial charge in [0, 0.05) is 37.0 Å². The fourth-order valence-corrected chi connectivity index (χ4v) is 2.53. The van der Waals surface area contributed by atoms with Crippen molar-refractivity contribution >= 4 is 17.4 Å². The van der Waals surface area contributed by atoms with Crippen LogP contribution in [0.5, 0.6) is 0 Å². The van der Waals surface area contributed by atoms with Crippen molar-refractivity contribution in [3.63, 3.8) is 0 Å². The number of nitrogens with zero attached hydrogens (tertiary/aromatic N) is 3. The summed E-state index contributed by atoms with van der Waals surface area (Å²) in [5, 5.41) is 7.20. The van der Waals surface area contributed by atoms with Gasteiger partial charge in [-0.3, -0.25) is 4.79 Å². The maximum atomic E-state index is 12.4. The maximum absolute atomic E-state index is 12.4. The van der Waals surface area contributed by atoms with E-state index in [-0.39, 0.29) is 5.91 Å². The minimum Gasteiger partial charge on any atom is -0.372 e. The van der Waals surface area contributed by atoms with E-state index < -0.39 is 0 Å². The summed E-state index contributed by atoms with van der Waals surface area (Å²) >= 11 is 0. The Morgan fingerprint density at radius 3 is 2.43 bits per heavy atom. The highest BCUT2D eigenvalue weighted by Gasteiger charge is 2.10. The zero-order valence-corrected chi connectivity index (χ0v) is 14.2. The lowest BCUT2D eigenvalue weighted by Gasteiger charge is -2.21. The minimum atomic E-state index is -0.102. The van der Waals surface area contributed by atoms with Crippen molar-refractivity contribution in [2.45, 2.75) is 40.2 Å². The molecule has 5 heteroatoms. The largest absolute Gasteiger partial charge is 0.372 e. The summed E-state index contributed by atoms with van der Waals surface area (Å²) in [6, 6.07) is 9.57. The van der Waals surface area contributed by atoms with Crippen LogP contribution in [0.1, 0.15) is 44.0 Å². The van der Waals surface area contributed by atoms with Gasteiger partial charge in [0.25, 0.3) is 5.91 Å². The zero-order chi connectivity index (χ0) is 16.7. The van der Waals surface area contributed by atoms with E-state index in [2.05, 4.69) is 36.1 Å². The van der Waals surface area contributed by atoms with Crippen LogP contribution < -0.4 is 10.2 Å². The van der Waals surface area contributed by atoms with Gasteiger partial charge in [0.05, 0.1) is 6.20 Å². The van der Waals surface area contributed by atoms with Gasteiger partial charge in [0.2, 0.25) is 0 Å². The van der Waals surface area contributed by atoms with E-state index in [1.165, 1.54) is 0 Å². The first-order chi connectivity index (χ1) is 11.2. The van der Waals surface area contributed by atoms with Gasteiger partial charge in [-0.2, -0.15) is 5.10 Å². The summed E-state index contributed by atoms with van der Waals surface area (Å²) in [5.74, 6) is 0.644. The number of benzene rings is 1. The molecular formula is C18H26N4O. The lowest BCUT2D eigenvalue weighted by atomic mass is 10.2. The molecular weight excluding hydrogens is 288 g/mol. The fourth-order valence-electron chi connectivity index (χ4n) is 2.53. The van der Waals surface area contributed by atoms with E-state index >= 15 is 0 Å². The maximum Gasteiger partial charge on any atom is 0.256 e. The topological polar surface area (TPSA) is 50.2 Å². The number of carbonyl (C=O) groups is 1. The summed E-state index contributed by atoms with van der Waals surface area (Å²) in [4.78, 5) is 14.6. The van der Waals surface area contributed by atoms with Gasteiger partial charge in [-0.1, -0.05) is 13.3 Å². The van der Waals surface area contributed by atoms with Crippen LogP contribution in [0.4, 0.5) is 11.5 Å². The smallest absolute Gasteiger partial charge is 0.256 e. The SMILES string of the molecule is CCCCn1nccc1NC(=O)c1ccc(N(CC)CC)cc1. The average Bonchev–Trinajstić information content (AvgIpc) is 3.01. The van der Waals surface area contributed by atoms with Crippen molar-refractivity contribution < 1.29 is 4.79 Å². The fraction of sp³-hybridized carbons (Fsp3) is 0.444. The Balaban J connectivity index is 2.05. The van der Waals surface area contributed by atoms with E-state index in [1.54, 1.807) is 6.20 Å². The lowest BCUT2D eigenvalue weighted by Crippen LogP contribution is -2.22. The number of anilines is 2. The van der Waals surface area contributed by atoms with Crippen molar-refractivity contribution in [2.24, 2.45) is 0 Å². The molecule has 2 rings (SSSR count). The van der Waals surface area contributed by atoms with Crippen LogP contribution in [0.2, 0.25) is 0 Å². The Labute approximate surface area is 138 Å². The average molecular weight is 314 g/mol. The van der Waals surface area contributed by atoms with Crippen molar-refractivity contribution in [3.05, 3.63) is 42.1 Å². The standard InChI is InChI=1S/C18H26N4O/c1-4-7-14-22-17(12-13-19-22)20-18(23)15-8-10-16(11-9-15)21(5-2)6-3/h8-13H,4-7,14H2,1-3H3,(H,20,23). The molecule has 124 valence electrons. The monoisotopic (exact) mass is 314 g/mol. The van der Waals surface area contributed by atoms with Crippen LogP contribution in [0.15, 0.2) is 36.5 Å². The Bertz CT molecular complexity index is 614. The molecule has 5 nitrogen and oxygen atoms in total. The van der Waals surface area contributed by atoms with Gasteiger partial charge in [-0.05, 0) is 44.5 Å². The van der Waals surface area contributed by atoms with E-state index in [1.807, 2.05) is 35.0 Å². The number of carbonyl (C=O) groups excluding carboxylic acids is 1. The molecule has 1 amide bonds. The van der Waals surface area contributed by atoms with Gasteiger partial charge in [-0.25, -0.2) is 4.68 Å². The number of aromatic nitrogens is 2. The molecule has 1 heterocycles. The molecule has 0 saturated carbocycles. The van der Waals surface area contributed by atoms with Crippen molar-refractivity contribution in [1.29, 1.82) is 0 Å². The number of nitrogens with one attached hydrogen (secondary N) is 1. The lowest BCUT2D eigenvalue weighted by molar-refractivity contribution is 0.102. The Hall–Kier alpha value is -2.30. The quantitative estimate of drug-likeness (QED) is 0.806. The molecule has 0 aliphatic rings. The van der Waals surface area contributed by atoms with Crippen LogP contribution in [0.25, 0.3) is 0 Å². The highest BCUT2D eigenvalue weighted by molar-refractivity contribution is 6.04. The number of aryl methyl sites for hydroxylation is 1. The third-order valence-corrected chi connectivity index (χ3v) is 3.94. The third-order valence-electron chi connectivity index (χ3n) is 3.94. The minimum absolute atomic E-state index is 0.102. The predicted octanol–water partition coefficient (Wildman–Crippen LogP) is 3.78. The molecule has 0 spiro atoms. The molecule has 2 aromatic rings. The second kappa shape index (κ2) is 8.36. The highest BCUT2D eigenvalue weighted by atomic mass is 16.1. The summed E-state index contributed by atoms with van der Waals surface area (Å²) in [6.45, 7) is 9.12. The van der Waals surface area contributed by atoms with Crippen molar-refractivity contribution in [3.8, 4) is 0 Å². The molecule has 0 aliphatic carbocycles. The van der Waals surface area contributed by atoms with Crippen LogP contribution in [0, 0.1) is 0 Å². The second-order valence-electron chi connectivity index (χ2n) is 5.47. The van der Waals surface area contributed by atoms with Crippen molar-refractivity contribution in [1.82, 2.24) is 9.78 Å². The molecule has 23 heavy (non-hydrogen) atoms. The summed E-state index contributed by atoms with van der Waals surface area (Å²) in [7, 11) is 0. The molecule has 0 unspecified atom stereocenters. The molecule has 0 fully saturated rings. The number of rotatable bonds is 8. The highest BCUT2D eigenvalue weighted by Crippen LogP contribution is 2.16. The molecule has 1 aromatic carbocycles. The van der Waals surface area contributed by atoms with E-state index in [9.17, 15) is 4.79 Å². The van der Waals surface area contributed by atoms with Crippen LogP contribution >= 0.6 is 0 Å². The van der Waals surface area contributed by atoms with Crippen LogP contribution in [-0.4, -0.2) is 28.8 Å². The molecule has 0 aliphatic heterocycles. The van der Waals surface area contributed by atoms with Gasteiger partial charge >= 0.3 is 0 Å². The van der Waals surface area contributed by atoms with E-state index in [4.69, 9.17) is 0 Å². The predicted molar refractivity (Wildman–Crippen MR) is 95.1 cm³/mol. The Morgan fingerprint density at radius 1 is 1.13 bits per heavy atom.